The highest BCUT2D eigenvalue weighted by Crippen LogP contribution is 2.38. The van der Waals surface area contributed by atoms with Crippen molar-refractivity contribution in [3.8, 4) is 6.07 Å². The van der Waals surface area contributed by atoms with Gasteiger partial charge in [0.05, 0.1) is 17.0 Å². The van der Waals surface area contributed by atoms with E-state index in [2.05, 4.69) is 21.7 Å². The SMILES string of the molecule is Cc1c(C(NCCC#N)C2CCNC2)c(F)cc2c(=O)[nH]c(=O)n(C3CC3)c12. The summed E-state index contributed by atoms with van der Waals surface area (Å²) in [5.74, 6) is -0.273. The second kappa shape index (κ2) is 7.49. The van der Waals surface area contributed by atoms with Crippen molar-refractivity contribution in [2.75, 3.05) is 19.6 Å². The highest BCUT2D eigenvalue weighted by molar-refractivity contribution is 5.83. The first-order chi connectivity index (χ1) is 13.5. The third-order valence-corrected chi connectivity index (χ3v) is 5.86. The summed E-state index contributed by atoms with van der Waals surface area (Å²) in [6.45, 7) is 3.87. The van der Waals surface area contributed by atoms with E-state index in [0.29, 0.717) is 29.6 Å². The predicted molar refractivity (Wildman–Crippen MR) is 104 cm³/mol. The third kappa shape index (κ3) is 3.25. The molecule has 7 nitrogen and oxygen atoms in total. The molecule has 1 saturated heterocycles. The van der Waals surface area contributed by atoms with Crippen LogP contribution in [0.5, 0.6) is 0 Å². The molecular weight excluding hydrogens is 361 g/mol. The number of hydrogen-bond acceptors (Lipinski definition) is 5. The summed E-state index contributed by atoms with van der Waals surface area (Å²) in [5, 5.41) is 15.7. The quantitative estimate of drug-likeness (QED) is 0.656. The number of hydrogen-bond donors (Lipinski definition) is 3. The van der Waals surface area contributed by atoms with Crippen LogP contribution in [0.2, 0.25) is 0 Å². The van der Waals surface area contributed by atoms with Gasteiger partial charge >= 0.3 is 5.69 Å². The van der Waals surface area contributed by atoms with Crippen LogP contribution in [0.1, 0.15) is 48.9 Å². The molecule has 2 unspecified atom stereocenters. The van der Waals surface area contributed by atoms with Crippen molar-refractivity contribution in [1.29, 1.82) is 5.26 Å². The first-order valence-corrected chi connectivity index (χ1v) is 9.81. The fourth-order valence-electron chi connectivity index (χ4n) is 4.40. The topological polar surface area (TPSA) is 103 Å². The summed E-state index contributed by atoms with van der Waals surface area (Å²) in [4.78, 5) is 27.1. The minimum atomic E-state index is -0.554. The molecule has 0 bridgehead atoms. The average Bonchev–Trinajstić information content (AvgIpc) is 3.34. The fraction of sp³-hybridized carbons (Fsp3) is 0.550. The lowest BCUT2D eigenvalue weighted by Gasteiger charge is -2.27. The van der Waals surface area contributed by atoms with E-state index in [9.17, 15) is 9.59 Å². The Morgan fingerprint density at radius 2 is 2.18 bits per heavy atom. The smallest absolute Gasteiger partial charge is 0.316 e. The van der Waals surface area contributed by atoms with Gasteiger partial charge in [-0.15, -0.1) is 0 Å². The maximum atomic E-state index is 15.3. The maximum Gasteiger partial charge on any atom is 0.329 e. The number of nitriles is 1. The molecule has 4 rings (SSSR count). The lowest BCUT2D eigenvalue weighted by Crippen LogP contribution is -2.34. The van der Waals surface area contributed by atoms with E-state index >= 15 is 4.39 Å². The van der Waals surface area contributed by atoms with Crippen LogP contribution in [0, 0.1) is 30.0 Å². The van der Waals surface area contributed by atoms with E-state index in [-0.39, 0.29) is 23.4 Å². The normalized spacial score (nSPS) is 20.4. The van der Waals surface area contributed by atoms with E-state index in [1.807, 2.05) is 0 Å². The average molecular weight is 385 g/mol. The number of aryl methyl sites for hydroxylation is 1. The molecule has 3 N–H and O–H groups in total. The van der Waals surface area contributed by atoms with Crippen LogP contribution >= 0.6 is 0 Å². The molecule has 1 aliphatic heterocycles. The molecule has 1 aromatic heterocycles. The summed E-state index contributed by atoms with van der Waals surface area (Å²) >= 11 is 0. The standard InChI is InChI=1S/C20H24FN5O2/c1-11-16(17(24-7-2-6-22)12-5-8-23-10-12)15(21)9-14-18(11)26(13-3-4-13)20(28)25-19(14)27/h9,12-13,17,23-24H,2-5,7-8,10H2,1H3,(H,25,27,28). The molecule has 28 heavy (non-hydrogen) atoms. The molecule has 2 aromatic rings. The fourth-order valence-corrected chi connectivity index (χ4v) is 4.40. The van der Waals surface area contributed by atoms with E-state index in [1.54, 1.807) is 11.5 Å². The van der Waals surface area contributed by atoms with E-state index in [0.717, 1.165) is 32.4 Å². The van der Waals surface area contributed by atoms with Gasteiger partial charge in [0.25, 0.3) is 5.56 Å². The van der Waals surface area contributed by atoms with Crippen molar-refractivity contribution in [3.63, 3.8) is 0 Å². The van der Waals surface area contributed by atoms with Crippen molar-refractivity contribution >= 4 is 10.9 Å². The zero-order chi connectivity index (χ0) is 19.8. The summed E-state index contributed by atoms with van der Waals surface area (Å²) in [5.41, 5.74) is 0.676. The van der Waals surface area contributed by atoms with Crippen LogP contribution < -0.4 is 21.9 Å². The minimum Gasteiger partial charge on any atom is -0.316 e. The van der Waals surface area contributed by atoms with Crippen molar-refractivity contribution < 1.29 is 4.39 Å². The number of fused-ring (bicyclic) bond motifs is 1. The summed E-state index contributed by atoms with van der Waals surface area (Å²) in [7, 11) is 0. The predicted octanol–water partition coefficient (Wildman–Crippen LogP) is 1.63. The van der Waals surface area contributed by atoms with Gasteiger partial charge in [-0.2, -0.15) is 5.26 Å². The largest absolute Gasteiger partial charge is 0.329 e. The number of aromatic nitrogens is 2. The number of nitrogens with one attached hydrogen (secondary N) is 3. The van der Waals surface area contributed by atoms with Gasteiger partial charge in [0, 0.05) is 30.6 Å². The molecule has 1 aromatic carbocycles. The van der Waals surface area contributed by atoms with E-state index in [4.69, 9.17) is 5.26 Å². The van der Waals surface area contributed by atoms with Crippen molar-refractivity contribution in [2.24, 2.45) is 5.92 Å². The summed E-state index contributed by atoms with van der Waals surface area (Å²) < 4.78 is 16.9. The van der Waals surface area contributed by atoms with Gasteiger partial charge in [0.2, 0.25) is 0 Å². The Morgan fingerprint density at radius 3 is 2.82 bits per heavy atom. The highest BCUT2D eigenvalue weighted by Gasteiger charge is 2.33. The monoisotopic (exact) mass is 385 g/mol. The molecule has 0 spiro atoms. The van der Waals surface area contributed by atoms with Gasteiger partial charge in [-0.3, -0.25) is 14.3 Å². The molecular formula is C20H24FN5O2. The molecule has 2 atom stereocenters. The molecule has 2 aliphatic rings. The molecule has 1 saturated carbocycles. The van der Waals surface area contributed by atoms with Crippen LogP contribution in [0.3, 0.4) is 0 Å². The molecule has 1 aliphatic carbocycles. The number of benzene rings is 1. The van der Waals surface area contributed by atoms with Gasteiger partial charge in [0.1, 0.15) is 5.82 Å². The van der Waals surface area contributed by atoms with Gasteiger partial charge < -0.3 is 10.6 Å². The van der Waals surface area contributed by atoms with Crippen LogP contribution in [0.4, 0.5) is 4.39 Å². The van der Waals surface area contributed by atoms with Crippen molar-refractivity contribution in [3.05, 3.63) is 43.8 Å². The molecule has 0 radical (unpaired) electrons. The summed E-state index contributed by atoms with van der Waals surface area (Å²) in [6, 6.07) is 3.14. The number of nitrogens with zero attached hydrogens (tertiary/aromatic N) is 2. The zero-order valence-corrected chi connectivity index (χ0v) is 15.8. The van der Waals surface area contributed by atoms with E-state index < -0.39 is 17.1 Å². The van der Waals surface area contributed by atoms with Gasteiger partial charge in [-0.1, -0.05) is 0 Å². The van der Waals surface area contributed by atoms with Gasteiger partial charge in [0.15, 0.2) is 0 Å². The van der Waals surface area contributed by atoms with Crippen molar-refractivity contribution in [1.82, 2.24) is 20.2 Å². The number of H-pyrrole nitrogens is 1. The molecule has 148 valence electrons. The minimum absolute atomic E-state index is 0.0574. The molecule has 2 fully saturated rings. The number of halogens is 1. The Balaban J connectivity index is 1.92. The Morgan fingerprint density at radius 1 is 1.39 bits per heavy atom. The first kappa shape index (κ1) is 18.8. The van der Waals surface area contributed by atoms with E-state index in [1.165, 1.54) is 6.07 Å². The second-order valence-corrected chi connectivity index (χ2v) is 7.75. The number of aromatic amines is 1. The number of rotatable bonds is 6. The van der Waals surface area contributed by atoms with Crippen LogP contribution in [-0.2, 0) is 0 Å². The zero-order valence-electron chi connectivity index (χ0n) is 15.8. The first-order valence-electron chi connectivity index (χ1n) is 9.81. The molecule has 8 heteroatoms. The van der Waals surface area contributed by atoms with Gasteiger partial charge in [-0.25, -0.2) is 9.18 Å². The Hall–Kier alpha value is -2.50. The van der Waals surface area contributed by atoms with Crippen LogP contribution in [0.15, 0.2) is 15.7 Å². The Labute approximate surface area is 161 Å². The van der Waals surface area contributed by atoms with Crippen LogP contribution in [-0.4, -0.2) is 29.2 Å². The van der Waals surface area contributed by atoms with Gasteiger partial charge in [-0.05, 0) is 56.8 Å². The summed E-state index contributed by atoms with van der Waals surface area (Å²) in [6.07, 6.45) is 2.98. The highest BCUT2D eigenvalue weighted by atomic mass is 19.1. The molecule has 2 heterocycles. The third-order valence-electron chi connectivity index (χ3n) is 5.86. The Kier molecular flexibility index (Phi) is 5.04. The second-order valence-electron chi connectivity index (χ2n) is 7.75. The van der Waals surface area contributed by atoms with Crippen molar-refractivity contribution in [2.45, 2.75) is 44.7 Å². The Bertz CT molecular complexity index is 1060. The molecule has 0 amide bonds. The lowest BCUT2D eigenvalue weighted by atomic mass is 9.88. The maximum absolute atomic E-state index is 15.3. The lowest BCUT2D eigenvalue weighted by molar-refractivity contribution is 0.375. The van der Waals surface area contributed by atoms with Crippen LogP contribution in [0.25, 0.3) is 10.9 Å².